The second-order valence-corrected chi connectivity index (χ2v) is 4.47. The van der Waals surface area contributed by atoms with E-state index in [-0.39, 0.29) is 0 Å². The molecule has 3 atom stereocenters. The highest BCUT2D eigenvalue weighted by Crippen LogP contribution is 2.27. The molecule has 1 saturated heterocycles. The predicted molar refractivity (Wildman–Crippen MR) is 60.5 cm³/mol. The van der Waals surface area contributed by atoms with Crippen LogP contribution in [0.25, 0.3) is 0 Å². The molecule has 1 N–H and O–H groups in total. The molecule has 1 rings (SSSR count). The zero-order valence-electron chi connectivity index (χ0n) is 9.88. The molecule has 0 aromatic heterocycles. The summed E-state index contributed by atoms with van der Waals surface area (Å²) in [4.78, 5) is 0. The van der Waals surface area contributed by atoms with Crippen LogP contribution in [0.1, 0.15) is 40.0 Å². The molecule has 0 aromatic rings. The van der Waals surface area contributed by atoms with Gasteiger partial charge in [-0.1, -0.05) is 27.2 Å². The van der Waals surface area contributed by atoms with Gasteiger partial charge in [0.1, 0.15) is 0 Å². The Morgan fingerprint density at radius 3 is 2.86 bits per heavy atom. The first-order valence-electron chi connectivity index (χ1n) is 6.11. The zero-order chi connectivity index (χ0) is 10.4. The average Bonchev–Trinajstić information content (AvgIpc) is 2.65. The first kappa shape index (κ1) is 12.0. The largest absolute Gasteiger partial charge is 0.378 e. The molecule has 84 valence electrons. The molecule has 0 spiro atoms. The van der Waals surface area contributed by atoms with Gasteiger partial charge < -0.3 is 10.1 Å². The van der Waals surface area contributed by atoms with Gasteiger partial charge in [0.2, 0.25) is 0 Å². The molecule has 1 heterocycles. The monoisotopic (exact) mass is 199 g/mol. The van der Waals surface area contributed by atoms with Gasteiger partial charge in [-0.15, -0.1) is 0 Å². The van der Waals surface area contributed by atoms with Crippen LogP contribution in [0.5, 0.6) is 0 Å². The van der Waals surface area contributed by atoms with Crippen molar-refractivity contribution in [3.05, 3.63) is 0 Å². The fourth-order valence-electron chi connectivity index (χ4n) is 2.20. The van der Waals surface area contributed by atoms with Crippen molar-refractivity contribution in [2.75, 3.05) is 19.7 Å². The third kappa shape index (κ3) is 3.25. The maximum atomic E-state index is 5.81. The van der Waals surface area contributed by atoms with Crippen LogP contribution in [0.15, 0.2) is 0 Å². The minimum absolute atomic E-state index is 0.504. The van der Waals surface area contributed by atoms with Gasteiger partial charge in [-0.3, -0.25) is 0 Å². The summed E-state index contributed by atoms with van der Waals surface area (Å²) in [6, 6.07) is 0. The van der Waals surface area contributed by atoms with Gasteiger partial charge in [-0.05, 0) is 31.2 Å². The highest BCUT2D eigenvalue weighted by molar-refractivity contribution is 4.81. The lowest BCUT2D eigenvalue weighted by Crippen LogP contribution is -2.32. The van der Waals surface area contributed by atoms with E-state index in [9.17, 15) is 0 Å². The van der Waals surface area contributed by atoms with E-state index >= 15 is 0 Å². The minimum Gasteiger partial charge on any atom is -0.378 e. The Kier molecular flexibility index (Phi) is 5.49. The van der Waals surface area contributed by atoms with Crippen molar-refractivity contribution < 1.29 is 4.74 Å². The lowest BCUT2D eigenvalue weighted by atomic mass is 9.90. The number of hydrogen-bond acceptors (Lipinski definition) is 2. The van der Waals surface area contributed by atoms with Crippen LogP contribution in [0.4, 0.5) is 0 Å². The van der Waals surface area contributed by atoms with E-state index in [0.717, 1.165) is 25.6 Å². The minimum atomic E-state index is 0.504. The van der Waals surface area contributed by atoms with E-state index in [1.54, 1.807) is 0 Å². The topological polar surface area (TPSA) is 21.3 Å². The van der Waals surface area contributed by atoms with Crippen molar-refractivity contribution in [1.82, 2.24) is 5.32 Å². The first-order valence-corrected chi connectivity index (χ1v) is 6.11. The van der Waals surface area contributed by atoms with Crippen LogP contribution in [-0.2, 0) is 4.74 Å². The van der Waals surface area contributed by atoms with Crippen LogP contribution in [0.2, 0.25) is 0 Å². The van der Waals surface area contributed by atoms with Gasteiger partial charge in [-0.25, -0.2) is 0 Å². The van der Waals surface area contributed by atoms with Gasteiger partial charge >= 0.3 is 0 Å². The SMILES string of the molecule is CCCNCC1CCOC1C(C)CC. The molecular weight excluding hydrogens is 174 g/mol. The normalized spacial score (nSPS) is 29.4. The van der Waals surface area contributed by atoms with Crippen LogP contribution >= 0.6 is 0 Å². The van der Waals surface area contributed by atoms with Crippen molar-refractivity contribution in [3.8, 4) is 0 Å². The van der Waals surface area contributed by atoms with E-state index in [1.165, 1.54) is 19.3 Å². The number of nitrogens with one attached hydrogen (secondary N) is 1. The summed E-state index contributed by atoms with van der Waals surface area (Å²) in [6.07, 6.45) is 4.20. The number of rotatable bonds is 6. The Labute approximate surface area is 88.4 Å². The van der Waals surface area contributed by atoms with Crippen LogP contribution in [0.3, 0.4) is 0 Å². The standard InChI is InChI=1S/C12H25NO/c1-4-7-13-9-11-6-8-14-12(11)10(3)5-2/h10-13H,4-9H2,1-3H3. The van der Waals surface area contributed by atoms with E-state index in [0.29, 0.717) is 12.0 Å². The molecule has 1 aliphatic rings. The first-order chi connectivity index (χ1) is 6.79. The molecular formula is C12H25NO. The van der Waals surface area contributed by atoms with Gasteiger partial charge in [0.25, 0.3) is 0 Å². The fourth-order valence-corrected chi connectivity index (χ4v) is 2.20. The molecule has 0 aromatic carbocycles. The molecule has 1 aliphatic heterocycles. The molecule has 0 bridgehead atoms. The molecule has 3 unspecified atom stereocenters. The van der Waals surface area contributed by atoms with Gasteiger partial charge in [-0.2, -0.15) is 0 Å². The van der Waals surface area contributed by atoms with Gasteiger partial charge in [0, 0.05) is 13.2 Å². The zero-order valence-corrected chi connectivity index (χ0v) is 9.88. The highest BCUT2D eigenvalue weighted by atomic mass is 16.5. The molecule has 14 heavy (non-hydrogen) atoms. The summed E-state index contributed by atoms with van der Waals surface area (Å²) in [6.45, 7) is 10.0. The van der Waals surface area contributed by atoms with Crippen molar-refractivity contribution in [3.63, 3.8) is 0 Å². The maximum Gasteiger partial charge on any atom is 0.0641 e. The molecule has 0 radical (unpaired) electrons. The third-order valence-electron chi connectivity index (χ3n) is 3.30. The summed E-state index contributed by atoms with van der Waals surface area (Å²) < 4.78 is 5.81. The van der Waals surface area contributed by atoms with E-state index in [1.807, 2.05) is 0 Å². The number of hydrogen-bond donors (Lipinski definition) is 1. The second-order valence-electron chi connectivity index (χ2n) is 4.47. The Morgan fingerprint density at radius 1 is 1.43 bits per heavy atom. The molecule has 1 fully saturated rings. The predicted octanol–water partition coefficient (Wildman–Crippen LogP) is 2.44. The lowest BCUT2D eigenvalue weighted by Gasteiger charge is -2.24. The highest BCUT2D eigenvalue weighted by Gasteiger charge is 2.31. The Balaban J connectivity index is 2.27. The lowest BCUT2D eigenvalue weighted by molar-refractivity contribution is 0.0465. The smallest absolute Gasteiger partial charge is 0.0641 e. The van der Waals surface area contributed by atoms with Crippen molar-refractivity contribution in [2.45, 2.75) is 46.1 Å². The summed E-state index contributed by atoms with van der Waals surface area (Å²) in [5.41, 5.74) is 0. The van der Waals surface area contributed by atoms with E-state index in [2.05, 4.69) is 26.1 Å². The Morgan fingerprint density at radius 2 is 2.21 bits per heavy atom. The Hall–Kier alpha value is -0.0800. The van der Waals surface area contributed by atoms with Crippen molar-refractivity contribution >= 4 is 0 Å². The van der Waals surface area contributed by atoms with Crippen molar-refractivity contribution in [2.24, 2.45) is 11.8 Å². The third-order valence-corrected chi connectivity index (χ3v) is 3.30. The van der Waals surface area contributed by atoms with Gasteiger partial charge in [0.15, 0.2) is 0 Å². The van der Waals surface area contributed by atoms with Crippen LogP contribution in [0, 0.1) is 11.8 Å². The maximum absolute atomic E-state index is 5.81. The molecule has 0 saturated carbocycles. The Bertz CT molecular complexity index is 149. The van der Waals surface area contributed by atoms with E-state index in [4.69, 9.17) is 4.74 Å². The summed E-state index contributed by atoms with van der Waals surface area (Å²) in [7, 11) is 0. The molecule has 2 nitrogen and oxygen atoms in total. The summed E-state index contributed by atoms with van der Waals surface area (Å²) in [5, 5.41) is 3.51. The summed E-state index contributed by atoms with van der Waals surface area (Å²) >= 11 is 0. The van der Waals surface area contributed by atoms with Gasteiger partial charge in [0.05, 0.1) is 6.10 Å². The molecule has 0 aliphatic carbocycles. The molecule has 2 heteroatoms. The van der Waals surface area contributed by atoms with Crippen LogP contribution < -0.4 is 5.32 Å². The second kappa shape index (κ2) is 6.41. The molecule has 0 amide bonds. The quantitative estimate of drug-likeness (QED) is 0.663. The average molecular weight is 199 g/mol. The van der Waals surface area contributed by atoms with Crippen LogP contribution in [-0.4, -0.2) is 25.8 Å². The van der Waals surface area contributed by atoms with Crippen molar-refractivity contribution in [1.29, 1.82) is 0 Å². The van der Waals surface area contributed by atoms with E-state index < -0.39 is 0 Å². The summed E-state index contributed by atoms with van der Waals surface area (Å²) in [5.74, 6) is 1.46. The fraction of sp³-hybridized carbons (Fsp3) is 1.00. The number of ether oxygens (including phenoxy) is 1.